The first-order valence-electron chi connectivity index (χ1n) is 7.50. The van der Waals surface area contributed by atoms with Crippen LogP contribution in [0.2, 0.25) is 0 Å². The van der Waals surface area contributed by atoms with Crippen molar-refractivity contribution in [3.05, 3.63) is 24.3 Å². The number of aliphatic hydroxyl groups is 2. The third-order valence-corrected chi connectivity index (χ3v) is 3.87. The minimum absolute atomic E-state index is 0.186. The zero-order chi connectivity index (χ0) is 15.1. The SMILES string of the molecule is COc1ccccc1OCC(O)CNCC1(O)CCCC1. The molecular weight excluding hydrogens is 270 g/mol. The lowest BCUT2D eigenvalue weighted by Gasteiger charge is -2.23. The van der Waals surface area contributed by atoms with Crippen molar-refractivity contribution in [3.63, 3.8) is 0 Å². The molecule has 2 rings (SSSR count). The molecule has 0 radical (unpaired) electrons. The fraction of sp³-hybridized carbons (Fsp3) is 0.625. The van der Waals surface area contributed by atoms with Gasteiger partial charge in [0.25, 0.3) is 0 Å². The van der Waals surface area contributed by atoms with Crippen molar-refractivity contribution in [2.75, 3.05) is 26.8 Å². The molecule has 21 heavy (non-hydrogen) atoms. The molecule has 1 aromatic carbocycles. The second kappa shape index (κ2) is 7.64. The molecule has 0 bridgehead atoms. The third kappa shape index (κ3) is 4.88. The molecule has 1 fully saturated rings. The van der Waals surface area contributed by atoms with Crippen molar-refractivity contribution in [1.29, 1.82) is 0 Å². The zero-order valence-electron chi connectivity index (χ0n) is 12.5. The van der Waals surface area contributed by atoms with E-state index in [2.05, 4.69) is 5.32 Å². The minimum Gasteiger partial charge on any atom is -0.493 e. The monoisotopic (exact) mass is 295 g/mol. The van der Waals surface area contributed by atoms with Gasteiger partial charge in [-0.05, 0) is 25.0 Å². The summed E-state index contributed by atoms with van der Waals surface area (Å²) in [5.74, 6) is 1.27. The van der Waals surface area contributed by atoms with Gasteiger partial charge in [0.1, 0.15) is 12.7 Å². The van der Waals surface area contributed by atoms with Crippen LogP contribution in [0.25, 0.3) is 0 Å². The van der Waals surface area contributed by atoms with Crippen LogP contribution >= 0.6 is 0 Å². The normalized spacial score (nSPS) is 18.4. The van der Waals surface area contributed by atoms with Gasteiger partial charge in [-0.1, -0.05) is 25.0 Å². The van der Waals surface area contributed by atoms with Crippen molar-refractivity contribution in [2.45, 2.75) is 37.4 Å². The Balaban J connectivity index is 1.68. The van der Waals surface area contributed by atoms with Crippen LogP contribution in [0.3, 0.4) is 0 Å². The number of hydrogen-bond acceptors (Lipinski definition) is 5. The second-order valence-electron chi connectivity index (χ2n) is 5.68. The van der Waals surface area contributed by atoms with Gasteiger partial charge in [-0.25, -0.2) is 0 Å². The highest BCUT2D eigenvalue weighted by molar-refractivity contribution is 5.39. The first kappa shape index (κ1) is 16.1. The Bertz CT molecular complexity index is 432. The number of para-hydroxylation sites is 2. The topological polar surface area (TPSA) is 71.0 Å². The van der Waals surface area contributed by atoms with E-state index >= 15 is 0 Å². The summed E-state index contributed by atoms with van der Waals surface area (Å²) < 4.78 is 10.7. The van der Waals surface area contributed by atoms with Gasteiger partial charge in [0, 0.05) is 13.1 Å². The average molecular weight is 295 g/mol. The standard InChI is InChI=1S/C16H25NO4/c1-20-14-6-2-3-7-15(14)21-11-13(18)10-17-12-16(19)8-4-5-9-16/h2-3,6-7,13,17-19H,4-5,8-12H2,1H3. The molecule has 0 aliphatic heterocycles. The van der Waals surface area contributed by atoms with Gasteiger partial charge >= 0.3 is 0 Å². The van der Waals surface area contributed by atoms with Gasteiger partial charge < -0.3 is 25.0 Å². The number of ether oxygens (including phenoxy) is 2. The van der Waals surface area contributed by atoms with Crippen LogP contribution in [0.4, 0.5) is 0 Å². The summed E-state index contributed by atoms with van der Waals surface area (Å²) in [5.41, 5.74) is -0.594. The van der Waals surface area contributed by atoms with Gasteiger partial charge in [0.05, 0.1) is 12.7 Å². The molecule has 5 nitrogen and oxygen atoms in total. The fourth-order valence-electron chi connectivity index (χ4n) is 2.66. The van der Waals surface area contributed by atoms with E-state index in [1.165, 1.54) is 0 Å². The molecule has 1 aromatic rings. The van der Waals surface area contributed by atoms with Gasteiger partial charge in [0.15, 0.2) is 11.5 Å². The highest BCUT2D eigenvalue weighted by Gasteiger charge is 2.30. The number of hydrogen-bond donors (Lipinski definition) is 3. The maximum absolute atomic E-state index is 10.2. The Morgan fingerprint density at radius 1 is 1.24 bits per heavy atom. The van der Waals surface area contributed by atoms with Gasteiger partial charge in [0.2, 0.25) is 0 Å². The van der Waals surface area contributed by atoms with Crippen LogP contribution in [-0.4, -0.2) is 48.7 Å². The van der Waals surface area contributed by atoms with Gasteiger partial charge in [-0.15, -0.1) is 0 Å². The highest BCUT2D eigenvalue weighted by Crippen LogP contribution is 2.28. The van der Waals surface area contributed by atoms with Crippen LogP contribution in [0.1, 0.15) is 25.7 Å². The maximum atomic E-state index is 10.2. The Morgan fingerprint density at radius 3 is 2.57 bits per heavy atom. The van der Waals surface area contributed by atoms with Crippen LogP contribution in [-0.2, 0) is 0 Å². The maximum Gasteiger partial charge on any atom is 0.161 e. The van der Waals surface area contributed by atoms with Gasteiger partial charge in [-0.2, -0.15) is 0 Å². The van der Waals surface area contributed by atoms with Gasteiger partial charge in [-0.3, -0.25) is 0 Å². The lowest BCUT2D eigenvalue weighted by molar-refractivity contribution is 0.0405. The molecule has 0 amide bonds. The van der Waals surface area contributed by atoms with E-state index in [0.717, 1.165) is 25.7 Å². The number of methoxy groups -OCH3 is 1. The molecule has 0 spiro atoms. The average Bonchev–Trinajstić information content (AvgIpc) is 2.92. The fourth-order valence-corrected chi connectivity index (χ4v) is 2.66. The quantitative estimate of drug-likeness (QED) is 0.675. The Morgan fingerprint density at radius 2 is 1.90 bits per heavy atom. The lowest BCUT2D eigenvalue weighted by atomic mass is 10.0. The molecule has 1 atom stereocenters. The van der Waals surface area contributed by atoms with E-state index in [1.807, 2.05) is 18.2 Å². The largest absolute Gasteiger partial charge is 0.493 e. The molecule has 5 heteroatoms. The number of aliphatic hydroxyl groups excluding tert-OH is 1. The van der Waals surface area contributed by atoms with Crippen LogP contribution in [0.15, 0.2) is 24.3 Å². The summed E-state index contributed by atoms with van der Waals surface area (Å²) in [7, 11) is 1.59. The molecule has 0 heterocycles. The predicted octanol–water partition coefficient (Wildman–Crippen LogP) is 1.33. The van der Waals surface area contributed by atoms with E-state index in [1.54, 1.807) is 13.2 Å². The molecule has 118 valence electrons. The summed E-state index contributed by atoms with van der Waals surface area (Å²) in [5, 5.41) is 23.2. The van der Waals surface area contributed by atoms with Crippen LogP contribution in [0.5, 0.6) is 11.5 Å². The Labute approximate surface area is 125 Å². The summed E-state index contributed by atoms with van der Waals surface area (Å²) in [4.78, 5) is 0. The number of benzene rings is 1. The second-order valence-corrected chi connectivity index (χ2v) is 5.68. The van der Waals surface area contributed by atoms with E-state index in [0.29, 0.717) is 24.6 Å². The Hall–Kier alpha value is -1.30. The van der Waals surface area contributed by atoms with Crippen molar-refractivity contribution >= 4 is 0 Å². The first-order valence-corrected chi connectivity index (χ1v) is 7.50. The number of rotatable bonds is 8. The van der Waals surface area contributed by atoms with E-state index in [9.17, 15) is 10.2 Å². The van der Waals surface area contributed by atoms with E-state index in [4.69, 9.17) is 9.47 Å². The summed E-state index contributed by atoms with van der Waals surface area (Å²) in [6, 6.07) is 7.35. The summed E-state index contributed by atoms with van der Waals surface area (Å²) >= 11 is 0. The van der Waals surface area contributed by atoms with Crippen molar-refractivity contribution in [2.24, 2.45) is 0 Å². The molecule has 3 N–H and O–H groups in total. The third-order valence-electron chi connectivity index (χ3n) is 3.87. The summed E-state index contributed by atoms with van der Waals surface area (Å²) in [6.45, 7) is 1.11. The lowest BCUT2D eigenvalue weighted by Crippen LogP contribution is -2.42. The van der Waals surface area contributed by atoms with Crippen LogP contribution in [0, 0.1) is 0 Å². The Kier molecular flexibility index (Phi) is 5.85. The minimum atomic E-state index is -0.625. The predicted molar refractivity (Wildman–Crippen MR) is 80.8 cm³/mol. The first-order chi connectivity index (χ1) is 10.1. The highest BCUT2D eigenvalue weighted by atomic mass is 16.5. The molecule has 1 unspecified atom stereocenters. The molecule has 1 aliphatic rings. The van der Waals surface area contributed by atoms with Crippen molar-refractivity contribution < 1.29 is 19.7 Å². The molecule has 0 saturated heterocycles. The summed E-state index contributed by atoms with van der Waals surface area (Å²) in [6.07, 6.45) is 3.22. The smallest absolute Gasteiger partial charge is 0.161 e. The van der Waals surface area contributed by atoms with Crippen LogP contribution < -0.4 is 14.8 Å². The molecular formula is C16H25NO4. The van der Waals surface area contributed by atoms with Crippen molar-refractivity contribution in [1.82, 2.24) is 5.32 Å². The molecule has 1 aliphatic carbocycles. The molecule has 1 saturated carbocycles. The molecule has 0 aromatic heterocycles. The number of nitrogens with one attached hydrogen (secondary N) is 1. The van der Waals surface area contributed by atoms with E-state index < -0.39 is 11.7 Å². The van der Waals surface area contributed by atoms with Crippen molar-refractivity contribution in [3.8, 4) is 11.5 Å². The zero-order valence-corrected chi connectivity index (χ0v) is 12.5. The van der Waals surface area contributed by atoms with E-state index in [-0.39, 0.29) is 6.61 Å².